The summed E-state index contributed by atoms with van der Waals surface area (Å²) in [6.45, 7) is 1.56. The first-order chi connectivity index (χ1) is 7.96. The molecule has 0 saturated carbocycles. The second kappa shape index (κ2) is 6.08. The van der Waals surface area contributed by atoms with Gasteiger partial charge in [-0.1, -0.05) is 19.8 Å². The molecule has 1 aliphatic heterocycles. The summed E-state index contributed by atoms with van der Waals surface area (Å²) in [6, 6.07) is -1.07. The third-order valence-electron chi connectivity index (χ3n) is 3.29. The maximum atomic E-state index is 10.2. The SMILES string of the molecule is CCCCCC1(O)O[C@H](CO)[C@@H](O)[C@H](O)[C@H]1N. The molecule has 0 aromatic rings. The number of hydrogen-bond acceptors (Lipinski definition) is 6. The van der Waals surface area contributed by atoms with Crippen molar-refractivity contribution in [2.45, 2.75) is 62.7 Å². The maximum absolute atomic E-state index is 10.2. The maximum Gasteiger partial charge on any atom is 0.184 e. The zero-order valence-electron chi connectivity index (χ0n) is 10.1. The Labute approximate surface area is 101 Å². The Bertz CT molecular complexity index is 238. The Kier molecular flexibility index (Phi) is 5.30. The van der Waals surface area contributed by atoms with Gasteiger partial charge in [0.2, 0.25) is 0 Å². The van der Waals surface area contributed by atoms with Crippen LogP contribution in [0, 0.1) is 0 Å². The van der Waals surface area contributed by atoms with E-state index in [0.29, 0.717) is 6.42 Å². The van der Waals surface area contributed by atoms with Gasteiger partial charge in [0.05, 0.1) is 12.6 Å². The summed E-state index contributed by atoms with van der Waals surface area (Å²) in [6.07, 6.45) is -0.685. The van der Waals surface area contributed by atoms with E-state index in [1.54, 1.807) is 0 Å². The lowest BCUT2D eigenvalue weighted by atomic mass is 9.88. The average molecular weight is 249 g/mol. The lowest BCUT2D eigenvalue weighted by Gasteiger charge is -2.46. The molecule has 17 heavy (non-hydrogen) atoms. The van der Waals surface area contributed by atoms with Crippen LogP contribution in [0.15, 0.2) is 0 Å². The normalized spacial score (nSPS) is 42.7. The Morgan fingerprint density at radius 2 is 1.88 bits per heavy atom. The molecule has 1 aliphatic rings. The van der Waals surface area contributed by atoms with Crippen LogP contribution in [0.2, 0.25) is 0 Å². The molecule has 0 spiro atoms. The van der Waals surface area contributed by atoms with E-state index in [2.05, 4.69) is 0 Å². The fourth-order valence-electron chi connectivity index (χ4n) is 2.11. The molecule has 5 atom stereocenters. The minimum atomic E-state index is -1.68. The van der Waals surface area contributed by atoms with Crippen molar-refractivity contribution >= 4 is 0 Å². The Morgan fingerprint density at radius 3 is 2.41 bits per heavy atom. The van der Waals surface area contributed by atoms with E-state index in [9.17, 15) is 15.3 Å². The molecule has 0 bridgehead atoms. The Balaban J connectivity index is 2.69. The molecule has 102 valence electrons. The minimum Gasteiger partial charge on any atom is -0.394 e. The van der Waals surface area contributed by atoms with Crippen molar-refractivity contribution in [1.29, 1.82) is 0 Å². The van der Waals surface area contributed by atoms with E-state index in [1.165, 1.54) is 0 Å². The fraction of sp³-hybridized carbons (Fsp3) is 1.00. The zero-order chi connectivity index (χ0) is 13.1. The highest BCUT2D eigenvalue weighted by atomic mass is 16.6. The molecule has 1 rings (SSSR count). The number of rotatable bonds is 5. The van der Waals surface area contributed by atoms with Crippen molar-refractivity contribution in [2.24, 2.45) is 5.73 Å². The summed E-state index contributed by atoms with van der Waals surface area (Å²) in [7, 11) is 0. The number of aliphatic hydroxyl groups is 4. The number of ether oxygens (including phenoxy) is 1. The Morgan fingerprint density at radius 1 is 1.24 bits per heavy atom. The van der Waals surface area contributed by atoms with E-state index in [4.69, 9.17) is 15.6 Å². The van der Waals surface area contributed by atoms with Gasteiger partial charge in [-0.15, -0.1) is 0 Å². The molecule has 0 radical (unpaired) electrons. The standard InChI is InChI=1S/C11H23NO5/c1-2-3-4-5-11(16)10(12)9(15)8(14)7(6-13)17-11/h7-10,13-16H,2-6,12H2,1H3/t7-,8-,9+,10-,11?/m1/s1. The summed E-state index contributed by atoms with van der Waals surface area (Å²) in [5.41, 5.74) is 5.68. The van der Waals surface area contributed by atoms with Crippen LogP contribution in [0.4, 0.5) is 0 Å². The highest BCUT2D eigenvalue weighted by molar-refractivity contribution is 4.98. The highest BCUT2D eigenvalue weighted by Gasteiger charge is 2.50. The first-order valence-corrected chi connectivity index (χ1v) is 6.09. The summed E-state index contributed by atoms with van der Waals surface area (Å²) in [5, 5.41) is 38.5. The molecule has 1 fully saturated rings. The molecule has 6 N–H and O–H groups in total. The molecular formula is C11H23NO5. The predicted molar refractivity (Wildman–Crippen MR) is 61.0 cm³/mol. The second-order valence-electron chi connectivity index (χ2n) is 4.65. The van der Waals surface area contributed by atoms with Gasteiger partial charge < -0.3 is 30.9 Å². The van der Waals surface area contributed by atoms with E-state index >= 15 is 0 Å². The monoisotopic (exact) mass is 249 g/mol. The van der Waals surface area contributed by atoms with E-state index in [-0.39, 0.29) is 6.42 Å². The number of aliphatic hydroxyl groups excluding tert-OH is 3. The summed E-state index contributed by atoms with van der Waals surface area (Å²) < 4.78 is 5.24. The number of hydrogen-bond donors (Lipinski definition) is 5. The van der Waals surface area contributed by atoms with Crippen molar-refractivity contribution < 1.29 is 25.2 Å². The van der Waals surface area contributed by atoms with Gasteiger partial charge >= 0.3 is 0 Å². The van der Waals surface area contributed by atoms with Gasteiger partial charge in [0.25, 0.3) is 0 Å². The third-order valence-corrected chi connectivity index (χ3v) is 3.29. The van der Waals surface area contributed by atoms with Crippen molar-refractivity contribution in [2.75, 3.05) is 6.61 Å². The fourth-order valence-corrected chi connectivity index (χ4v) is 2.11. The molecule has 6 heteroatoms. The lowest BCUT2D eigenvalue weighted by molar-refractivity contribution is -0.316. The highest BCUT2D eigenvalue weighted by Crippen LogP contribution is 2.30. The molecule has 0 aromatic heterocycles. The van der Waals surface area contributed by atoms with Crippen LogP contribution in [0.3, 0.4) is 0 Å². The van der Waals surface area contributed by atoms with Gasteiger partial charge in [-0.3, -0.25) is 0 Å². The summed E-state index contributed by atoms with van der Waals surface area (Å²) >= 11 is 0. The van der Waals surface area contributed by atoms with Gasteiger partial charge in [-0.2, -0.15) is 0 Å². The minimum absolute atomic E-state index is 0.280. The first kappa shape index (κ1) is 14.8. The van der Waals surface area contributed by atoms with Gasteiger partial charge in [0, 0.05) is 6.42 Å². The third kappa shape index (κ3) is 3.15. The second-order valence-corrected chi connectivity index (χ2v) is 4.65. The van der Waals surface area contributed by atoms with Crippen molar-refractivity contribution in [3.8, 4) is 0 Å². The molecule has 1 saturated heterocycles. The van der Waals surface area contributed by atoms with Crippen LogP contribution in [0.25, 0.3) is 0 Å². The van der Waals surface area contributed by atoms with Crippen LogP contribution in [0.1, 0.15) is 32.6 Å². The predicted octanol–water partition coefficient (Wildman–Crippen LogP) is -1.30. The largest absolute Gasteiger partial charge is 0.394 e. The summed E-state index contributed by atoms with van der Waals surface area (Å²) in [5.74, 6) is -1.68. The smallest absolute Gasteiger partial charge is 0.184 e. The van der Waals surface area contributed by atoms with Crippen molar-refractivity contribution in [1.82, 2.24) is 0 Å². The van der Waals surface area contributed by atoms with Crippen LogP contribution in [0.5, 0.6) is 0 Å². The van der Waals surface area contributed by atoms with Crippen LogP contribution in [-0.4, -0.2) is 57.2 Å². The van der Waals surface area contributed by atoms with Gasteiger partial charge in [0.1, 0.15) is 18.3 Å². The first-order valence-electron chi connectivity index (χ1n) is 6.09. The lowest BCUT2D eigenvalue weighted by Crippen LogP contribution is -2.68. The molecule has 0 aliphatic carbocycles. The zero-order valence-corrected chi connectivity index (χ0v) is 10.1. The van der Waals surface area contributed by atoms with Gasteiger partial charge in [-0.25, -0.2) is 0 Å². The Hall–Kier alpha value is -0.240. The van der Waals surface area contributed by atoms with Crippen LogP contribution < -0.4 is 5.73 Å². The molecule has 1 unspecified atom stereocenters. The molecule has 0 aromatic carbocycles. The molecule has 1 heterocycles. The number of unbranched alkanes of at least 4 members (excludes halogenated alkanes) is 2. The molecule has 6 nitrogen and oxygen atoms in total. The van der Waals surface area contributed by atoms with Gasteiger partial charge in [0.15, 0.2) is 5.79 Å². The van der Waals surface area contributed by atoms with Crippen molar-refractivity contribution in [3.05, 3.63) is 0 Å². The average Bonchev–Trinajstić information content (AvgIpc) is 2.32. The van der Waals surface area contributed by atoms with E-state index in [1.807, 2.05) is 6.92 Å². The quantitative estimate of drug-likeness (QED) is 0.387. The van der Waals surface area contributed by atoms with Crippen molar-refractivity contribution in [3.63, 3.8) is 0 Å². The topological polar surface area (TPSA) is 116 Å². The van der Waals surface area contributed by atoms with Crippen LogP contribution >= 0.6 is 0 Å². The van der Waals surface area contributed by atoms with E-state index < -0.39 is 36.7 Å². The molecule has 0 amide bonds. The van der Waals surface area contributed by atoms with Gasteiger partial charge in [-0.05, 0) is 6.42 Å². The summed E-state index contributed by atoms with van der Waals surface area (Å²) in [4.78, 5) is 0. The van der Waals surface area contributed by atoms with Crippen LogP contribution in [-0.2, 0) is 4.74 Å². The number of nitrogens with two attached hydrogens (primary N) is 1. The van der Waals surface area contributed by atoms with E-state index in [0.717, 1.165) is 12.8 Å². The molecular weight excluding hydrogens is 226 g/mol.